The van der Waals surface area contributed by atoms with Crippen LogP contribution in [0.2, 0.25) is 5.28 Å². The van der Waals surface area contributed by atoms with Crippen molar-refractivity contribution in [2.24, 2.45) is 0 Å². The van der Waals surface area contributed by atoms with E-state index in [0.717, 1.165) is 5.56 Å². The zero-order valence-corrected chi connectivity index (χ0v) is 16.9. The van der Waals surface area contributed by atoms with Crippen LogP contribution in [-0.2, 0) is 19.3 Å². The molecule has 1 saturated heterocycles. The highest BCUT2D eigenvalue weighted by Crippen LogP contribution is 2.55. The van der Waals surface area contributed by atoms with Gasteiger partial charge in [-0.15, -0.1) is 0 Å². The second-order valence-electron chi connectivity index (χ2n) is 7.31. The number of hydrogen-bond acceptors (Lipinski definition) is 6. The number of aromatic nitrogens is 2. The third kappa shape index (κ3) is 3.22. The number of anilines is 1. The van der Waals surface area contributed by atoms with Crippen molar-refractivity contribution in [1.29, 1.82) is 0 Å². The van der Waals surface area contributed by atoms with E-state index in [2.05, 4.69) is 14.9 Å². The van der Waals surface area contributed by atoms with Gasteiger partial charge in [-0.2, -0.15) is 0 Å². The summed E-state index contributed by atoms with van der Waals surface area (Å²) in [5.41, 5.74) is 1.50. The van der Waals surface area contributed by atoms with Gasteiger partial charge in [0, 0.05) is 12.6 Å². The molecule has 8 heteroatoms. The number of sulfone groups is 1. The van der Waals surface area contributed by atoms with Gasteiger partial charge >= 0.3 is 0 Å². The number of nitrogens with zero attached hydrogens (tertiary/aromatic N) is 3. The van der Waals surface area contributed by atoms with Crippen molar-refractivity contribution in [2.45, 2.75) is 42.4 Å². The van der Waals surface area contributed by atoms with Crippen molar-refractivity contribution in [3.05, 3.63) is 46.9 Å². The van der Waals surface area contributed by atoms with E-state index < -0.39 is 14.6 Å². The molecule has 0 unspecified atom stereocenters. The molecule has 2 fully saturated rings. The molecule has 2 heterocycles. The molecule has 1 aliphatic heterocycles. The SMILES string of the molecule is Cc1ccc(S(=O)(=O)C2(c3cc(N4CCOC[C@@H]4C)nc(Cl)n3)CC2)cc1. The summed E-state index contributed by atoms with van der Waals surface area (Å²) >= 11 is 6.19. The molecular formula is C19H22ClN3O3S. The summed E-state index contributed by atoms with van der Waals surface area (Å²) < 4.78 is 31.2. The monoisotopic (exact) mass is 407 g/mol. The smallest absolute Gasteiger partial charge is 0.224 e. The summed E-state index contributed by atoms with van der Waals surface area (Å²) in [4.78, 5) is 11.1. The molecule has 2 aromatic rings. The Bertz CT molecular complexity index is 959. The highest BCUT2D eigenvalue weighted by molar-refractivity contribution is 7.92. The molecule has 1 atom stereocenters. The lowest BCUT2D eigenvalue weighted by Gasteiger charge is -2.34. The van der Waals surface area contributed by atoms with Gasteiger partial charge in [0.25, 0.3) is 0 Å². The predicted molar refractivity (Wildman–Crippen MR) is 104 cm³/mol. The average molecular weight is 408 g/mol. The van der Waals surface area contributed by atoms with E-state index >= 15 is 0 Å². The van der Waals surface area contributed by atoms with E-state index in [4.69, 9.17) is 16.3 Å². The molecule has 0 N–H and O–H groups in total. The van der Waals surface area contributed by atoms with Gasteiger partial charge in [0.05, 0.1) is 29.8 Å². The Morgan fingerprint density at radius 3 is 2.56 bits per heavy atom. The van der Waals surface area contributed by atoms with Crippen LogP contribution in [0.5, 0.6) is 0 Å². The Morgan fingerprint density at radius 2 is 1.93 bits per heavy atom. The molecule has 0 radical (unpaired) electrons. The fourth-order valence-electron chi connectivity index (χ4n) is 3.57. The normalized spacial score (nSPS) is 21.9. The molecule has 1 aromatic carbocycles. The van der Waals surface area contributed by atoms with Crippen molar-refractivity contribution in [3.8, 4) is 0 Å². The fraction of sp³-hybridized carbons (Fsp3) is 0.474. The summed E-state index contributed by atoms with van der Waals surface area (Å²) in [5.74, 6) is 0.659. The molecule has 0 spiro atoms. The second kappa shape index (κ2) is 6.72. The van der Waals surface area contributed by atoms with E-state index in [1.54, 1.807) is 18.2 Å². The number of halogens is 1. The molecule has 6 nitrogen and oxygen atoms in total. The van der Waals surface area contributed by atoms with Crippen LogP contribution in [0, 0.1) is 6.92 Å². The number of aryl methyl sites for hydroxylation is 1. The minimum absolute atomic E-state index is 0.0755. The van der Waals surface area contributed by atoms with Crippen molar-refractivity contribution in [3.63, 3.8) is 0 Å². The maximum atomic E-state index is 13.4. The minimum atomic E-state index is -3.57. The standard InChI is InChI=1S/C19H22ClN3O3S/c1-13-3-5-15(6-4-13)27(24,25)19(7-8-19)16-11-17(22-18(20)21-16)23-9-10-26-12-14(23)2/h3-6,11,14H,7-10,12H2,1-2H3/t14-/m0/s1. The number of benzene rings is 1. The summed E-state index contributed by atoms with van der Waals surface area (Å²) in [7, 11) is -3.57. The molecule has 0 amide bonds. The summed E-state index contributed by atoms with van der Waals surface area (Å²) in [6.07, 6.45) is 1.07. The van der Waals surface area contributed by atoms with Crippen LogP contribution in [0.1, 0.15) is 31.0 Å². The topological polar surface area (TPSA) is 72.4 Å². The van der Waals surface area contributed by atoms with Crippen LogP contribution in [0.3, 0.4) is 0 Å². The zero-order chi connectivity index (χ0) is 19.2. The molecule has 2 aliphatic rings. The minimum Gasteiger partial charge on any atom is -0.377 e. The van der Waals surface area contributed by atoms with Crippen LogP contribution < -0.4 is 4.90 Å². The lowest BCUT2D eigenvalue weighted by atomic mass is 10.2. The largest absolute Gasteiger partial charge is 0.377 e. The molecule has 0 bridgehead atoms. The van der Waals surface area contributed by atoms with E-state index in [0.29, 0.717) is 49.0 Å². The maximum Gasteiger partial charge on any atom is 0.224 e. The van der Waals surface area contributed by atoms with Gasteiger partial charge in [0.2, 0.25) is 5.28 Å². The third-order valence-electron chi connectivity index (χ3n) is 5.36. The number of morpholine rings is 1. The molecule has 1 aromatic heterocycles. The first-order valence-electron chi connectivity index (χ1n) is 9.04. The van der Waals surface area contributed by atoms with E-state index in [9.17, 15) is 8.42 Å². The molecule has 27 heavy (non-hydrogen) atoms. The van der Waals surface area contributed by atoms with Crippen molar-refractivity contribution >= 4 is 27.3 Å². The first kappa shape index (κ1) is 18.7. The van der Waals surface area contributed by atoms with Gasteiger partial charge in [-0.25, -0.2) is 18.4 Å². The van der Waals surface area contributed by atoms with Gasteiger partial charge in [0.15, 0.2) is 9.84 Å². The quantitative estimate of drug-likeness (QED) is 0.725. The predicted octanol–water partition coefficient (Wildman–Crippen LogP) is 3.13. The average Bonchev–Trinajstić information content (AvgIpc) is 3.44. The molecule has 1 aliphatic carbocycles. The first-order chi connectivity index (χ1) is 12.8. The highest BCUT2D eigenvalue weighted by atomic mass is 35.5. The van der Waals surface area contributed by atoms with Crippen molar-refractivity contribution in [2.75, 3.05) is 24.7 Å². The molecular weight excluding hydrogens is 386 g/mol. The van der Waals surface area contributed by atoms with E-state index in [1.165, 1.54) is 0 Å². The zero-order valence-electron chi connectivity index (χ0n) is 15.4. The number of ether oxygens (including phenoxy) is 1. The Labute approximate surface area is 164 Å². The second-order valence-corrected chi connectivity index (χ2v) is 9.91. The Morgan fingerprint density at radius 1 is 1.22 bits per heavy atom. The van der Waals surface area contributed by atoms with Crippen LogP contribution in [0.4, 0.5) is 5.82 Å². The molecule has 144 valence electrons. The van der Waals surface area contributed by atoms with Crippen LogP contribution >= 0.6 is 11.6 Å². The summed E-state index contributed by atoms with van der Waals surface area (Å²) in [6, 6.07) is 8.89. The molecule has 4 rings (SSSR count). The van der Waals surface area contributed by atoms with Gasteiger partial charge in [-0.05, 0) is 50.4 Å². The molecule has 1 saturated carbocycles. The van der Waals surface area contributed by atoms with Gasteiger partial charge < -0.3 is 9.64 Å². The Balaban J connectivity index is 1.75. The fourth-order valence-corrected chi connectivity index (χ4v) is 5.72. The van der Waals surface area contributed by atoms with Gasteiger partial charge in [-0.1, -0.05) is 17.7 Å². The van der Waals surface area contributed by atoms with Gasteiger partial charge in [0.1, 0.15) is 10.6 Å². The number of rotatable bonds is 4. The Kier molecular flexibility index (Phi) is 4.64. The lowest BCUT2D eigenvalue weighted by Crippen LogP contribution is -2.44. The van der Waals surface area contributed by atoms with Crippen LogP contribution in [0.25, 0.3) is 0 Å². The van der Waals surface area contributed by atoms with Gasteiger partial charge in [-0.3, -0.25) is 0 Å². The van der Waals surface area contributed by atoms with Crippen LogP contribution in [-0.4, -0.2) is 44.2 Å². The summed E-state index contributed by atoms with van der Waals surface area (Å²) in [6.45, 7) is 5.87. The highest BCUT2D eigenvalue weighted by Gasteiger charge is 2.58. The van der Waals surface area contributed by atoms with Crippen LogP contribution in [0.15, 0.2) is 35.2 Å². The van der Waals surface area contributed by atoms with E-state index in [1.807, 2.05) is 26.0 Å². The van der Waals surface area contributed by atoms with Crippen molar-refractivity contribution in [1.82, 2.24) is 9.97 Å². The third-order valence-corrected chi connectivity index (χ3v) is 8.07. The summed E-state index contributed by atoms with van der Waals surface area (Å²) in [5, 5.41) is 0.0755. The van der Waals surface area contributed by atoms with Crippen molar-refractivity contribution < 1.29 is 13.2 Å². The lowest BCUT2D eigenvalue weighted by molar-refractivity contribution is 0.0985. The maximum absolute atomic E-state index is 13.4. The number of hydrogen-bond donors (Lipinski definition) is 0. The van der Waals surface area contributed by atoms with E-state index in [-0.39, 0.29) is 11.3 Å². The first-order valence-corrected chi connectivity index (χ1v) is 10.9. The Hall–Kier alpha value is -1.70.